The molecular formula is C26H34N6O4S. The predicted molar refractivity (Wildman–Crippen MR) is 142 cm³/mol. The third-order valence-corrected chi connectivity index (χ3v) is 8.21. The number of fused-ring (bicyclic) bond motifs is 1. The zero-order valence-electron chi connectivity index (χ0n) is 21.2. The van der Waals surface area contributed by atoms with Gasteiger partial charge in [-0.05, 0) is 57.1 Å². The van der Waals surface area contributed by atoms with Crippen LogP contribution in [-0.4, -0.2) is 76.7 Å². The van der Waals surface area contributed by atoms with Crippen LogP contribution in [0.1, 0.15) is 44.9 Å². The molecule has 3 heterocycles. The summed E-state index contributed by atoms with van der Waals surface area (Å²) in [6.45, 7) is 2.14. The first-order valence-corrected chi connectivity index (χ1v) is 15.1. The lowest BCUT2D eigenvalue weighted by atomic mass is 9.85. The predicted octanol–water partition coefficient (Wildman–Crippen LogP) is 3.22. The number of sulfone groups is 1. The van der Waals surface area contributed by atoms with Crippen molar-refractivity contribution in [2.75, 3.05) is 37.0 Å². The van der Waals surface area contributed by atoms with Crippen LogP contribution >= 0.6 is 0 Å². The summed E-state index contributed by atoms with van der Waals surface area (Å²) in [4.78, 5) is 23.9. The molecule has 0 bridgehead atoms. The second-order valence-electron chi connectivity index (χ2n) is 10.0. The van der Waals surface area contributed by atoms with Gasteiger partial charge in [0.1, 0.15) is 15.6 Å². The second-order valence-corrected chi connectivity index (χ2v) is 12.3. The molecular weight excluding hydrogens is 492 g/mol. The smallest absolute Gasteiger partial charge is 0.225 e. The average Bonchev–Trinajstić information content (AvgIpc) is 3.57. The van der Waals surface area contributed by atoms with Gasteiger partial charge in [0.15, 0.2) is 5.82 Å². The van der Waals surface area contributed by atoms with Crippen molar-refractivity contribution in [3.63, 3.8) is 0 Å². The minimum atomic E-state index is -3.01. The van der Waals surface area contributed by atoms with Gasteiger partial charge in [-0.15, -0.1) is 0 Å². The van der Waals surface area contributed by atoms with Crippen molar-refractivity contribution < 1.29 is 17.9 Å². The monoisotopic (exact) mass is 526 g/mol. The van der Waals surface area contributed by atoms with E-state index < -0.39 is 9.84 Å². The Morgan fingerprint density at radius 2 is 1.92 bits per heavy atom. The van der Waals surface area contributed by atoms with Gasteiger partial charge in [-0.2, -0.15) is 10.1 Å². The van der Waals surface area contributed by atoms with Gasteiger partial charge in [0.2, 0.25) is 11.9 Å². The Morgan fingerprint density at radius 3 is 2.68 bits per heavy atom. The molecule has 2 fully saturated rings. The summed E-state index contributed by atoms with van der Waals surface area (Å²) in [5.74, 6) is 2.41. The highest BCUT2D eigenvalue weighted by Gasteiger charge is 2.30. The summed E-state index contributed by atoms with van der Waals surface area (Å²) in [7, 11) is -3.01. The van der Waals surface area contributed by atoms with Crippen LogP contribution in [0.4, 0.5) is 5.95 Å². The summed E-state index contributed by atoms with van der Waals surface area (Å²) in [5, 5.41) is 8.81. The lowest BCUT2D eigenvalue weighted by Gasteiger charge is -2.30. The number of hydrogen-bond acceptors (Lipinski definition) is 8. The van der Waals surface area contributed by atoms with Crippen LogP contribution < -0.4 is 10.1 Å². The molecule has 1 saturated heterocycles. The Labute approximate surface area is 217 Å². The highest BCUT2D eigenvalue weighted by Crippen LogP contribution is 2.30. The van der Waals surface area contributed by atoms with Crippen molar-refractivity contribution in [2.45, 2.75) is 51.0 Å². The maximum atomic E-state index is 12.7. The zero-order valence-corrected chi connectivity index (χ0v) is 22.0. The molecule has 5 rings (SSSR count). The minimum Gasteiger partial charge on any atom is -0.493 e. The molecule has 3 aromatic rings. The first kappa shape index (κ1) is 25.4. The molecule has 1 aromatic carbocycles. The number of nitrogens with one attached hydrogen (secondary N) is 1. The van der Waals surface area contributed by atoms with Gasteiger partial charge < -0.3 is 15.0 Å². The fraction of sp³-hybridized carbons (Fsp3) is 0.538. The average molecular weight is 527 g/mol. The van der Waals surface area contributed by atoms with Gasteiger partial charge >= 0.3 is 0 Å². The van der Waals surface area contributed by atoms with Gasteiger partial charge in [-0.25, -0.2) is 18.1 Å². The fourth-order valence-corrected chi connectivity index (χ4v) is 5.88. The number of aromatic nitrogens is 4. The number of carbonyl (C=O) groups excluding carboxylic acids is 1. The summed E-state index contributed by atoms with van der Waals surface area (Å²) < 4.78 is 30.3. The van der Waals surface area contributed by atoms with E-state index in [0.29, 0.717) is 36.5 Å². The van der Waals surface area contributed by atoms with E-state index >= 15 is 0 Å². The quantitative estimate of drug-likeness (QED) is 0.422. The zero-order chi connectivity index (χ0) is 25.8. The van der Waals surface area contributed by atoms with Gasteiger partial charge in [-0.3, -0.25) is 4.79 Å². The minimum absolute atomic E-state index is 0.0926. The van der Waals surface area contributed by atoms with E-state index in [0.717, 1.165) is 62.5 Å². The Morgan fingerprint density at radius 1 is 1.14 bits per heavy atom. The SMILES string of the molecule is CS(=O)(=O)CCCOc1cccc2c1cnn2-c1ccnc(NC2CCC(C(=O)N3CCCC3)CC2)n1. The Bertz CT molecular complexity index is 1340. The van der Waals surface area contributed by atoms with Gasteiger partial charge in [0, 0.05) is 43.6 Å². The number of hydrogen-bond donors (Lipinski definition) is 1. The summed E-state index contributed by atoms with van der Waals surface area (Å²) in [6, 6.07) is 7.73. The molecule has 1 aliphatic carbocycles. The maximum Gasteiger partial charge on any atom is 0.225 e. The van der Waals surface area contributed by atoms with Crippen molar-refractivity contribution in [3.8, 4) is 11.6 Å². The number of carbonyl (C=O) groups is 1. The van der Waals surface area contributed by atoms with Gasteiger partial charge in [0.25, 0.3) is 0 Å². The van der Waals surface area contributed by atoms with Crippen molar-refractivity contribution in [3.05, 3.63) is 36.7 Å². The van der Waals surface area contributed by atoms with Crippen molar-refractivity contribution >= 4 is 32.6 Å². The molecule has 1 saturated carbocycles. The molecule has 1 N–H and O–H groups in total. The highest BCUT2D eigenvalue weighted by atomic mass is 32.2. The van der Waals surface area contributed by atoms with Crippen LogP contribution in [0.5, 0.6) is 5.75 Å². The Kier molecular flexibility index (Phi) is 7.59. The Hall–Kier alpha value is -3.21. The molecule has 198 valence electrons. The molecule has 0 radical (unpaired) electrons. The standard InChI is InChI=1S/C26H34N6O4S/c1-37(34,35)17-5-16-36-23-7-4-6-22-21(23)18-28-32(22)24-12-13-27-26(30-24)29-20-10-8-19(9-11-20)25(33)31-14-2-3-15-31/h4,6-7,12-13,18-20H,2-3,5,8-11,14-17H2,1H3,(H,27,29,30). The van der Waals surface area contributed by atoms with Gasteiger partial charge in [-0.1, -0.05) is 6.07 Å². The number of rotatable bonds is 9. The normalized spacial score (nSPS) is 20.3. The largest absolute Gasteiger partial charge is 0.493 e. The second kappa shape index (κ2) is 11.0. The molecule has 0 spiro atoms. The fourth-order valence-electron chi connectivity index (χ4n) is 5.24. The number of likely N-dealkylation sites (tertiary alicyclic amines) is 1. The molecule has 0 unspecified atom stereocenters. The van der Waals surface area contributed by atoms with Crippen LogP contribution in [-0.2, 0) is 14.6 Å². The first-order valence-electron chi connectivity index (χ1n) is 13.0. The molecule has 10 nitrogen and oxygen atoms in total. The third kappa shape index (κ3) is 6.20. The van der Waals surface area contributed by atoms with E-state index in [-0.39, 0.29) is 17.7 Å². The number of anilines is 1. The van der Waals surface area contributed by atoms with E-state index in [4.69, 9.17) is 9.72 Å². The highest BCUT2D eigenvalue weighted by molar-refractivity contribution is 7.90. The van der Waals surface area contributed by atoms with E-state index in [1.54, 1.807) is 17.1 Å². The van der Waals surface area contributed by atoms with Crippen LogP contribution in [0.3, 0.4) is 0 Å². The molecule has 2 aromatic heterocycles. The molecule has 1 amide bonds. The lowest BCUT2D eigenvalue weighted by Crippen LogP contribution is -2.37. The van der Waals surface area contributed by atoms with E-state index in [2.05, 4.69) is 15.4 Å². The Balaban J connectivity index is 1.22. The molecule has 0 atom stereocenters. The topological polar surface area (TPSA) is 119 Å². The summed E-state index contributed by atoms with van der Waals surface area (Å²) in [6.07, 6.45) is 11.0. The van der Waals surface area contributed by atoms with Crippen LogP contribution in [0.25, 0.3) is 16.7 Å². The molecule has 37 heavy (non-hydrogen) atoms. The van der Waals surface area contributed by atoms with Gasteiger partial charge in [0.05, 0.1) is 29.5 Å². The number of amides is 1. The molecule has 11 heteroatoms. The van der Waals surface area contributed by atoms with Crippen LogP contribution in [0.15, 0.2) is 36.7 Å². The van der Waals surface area contributed by atoms with E-state index in [1.165, 1.54) is 6.26 Å². The van der Waals surface area contributed by atoms with E-state index in [1.807, 2.05) is 29.2 Å². The van der Waals surface area contributed by atoms with Crippen molar-refractivity contribution in [1.29, 1.82) is 0 Å². The molecule has 1 aliphatic heterocycles. The molecule has 2 aliphatic rings. The number of benzene rings is 1. The van der Waals surface area contributed by atoms with E-state index in [9.17, 15) is 13.2 Å². The number of ether oxygens (including phenoxy) is 1. The third-order valence-electron chi connectivity index (χ3n) is 7.18. The van der Waals surface area contributed by atoms with Crippen molar-refractivity contribution in [1.82, 2.24) is 24.6 Å². The summed E-state index contributed by atoms with van der Waals surface area (Å²) >= 11 is 0. The lowest BCUT2D eigenvalue weighted by molar-refractivity contribution is -0.135. The van der Waals surface area contributed by atoms with Crippen molar-refractivity contribution in [2.24, 2.45) is 5.92 Å². The summed E-state index contributed by atoms with van der Waals surface area (Å²) in [5.41, 5.74) is 0.839. The van der Waals surface area contributed by atoms with Crippen LogP contribution in [0, 0.1) is 5.92 Å². The maximum absolute atomic E-state index is 12.7. The first-order chi connectivity index (χ1) is 17.9. The number of nitrogens with zero attached hydrogens (tertiary/aromatic N) is 5. The van der Waals surface area contributed by atoms with Crippen LogP contribution in [0.2, 0.25) is 0 Å².